The summed E-state index contributed by atoms with van der Waals surface area (Å²) in [6.45, 7) is 2.87. The monoisotopic (exact) mass is 267 g/mol. The zero-order valence-corrected chi connectivity index (χ0v) is 11.8. The summed E-state index contributed by atoms with van der Waals surface area (Å²) >= 11 is 0. The van der Waals surface area contributed by atoms with Crippen molar-refractivity contribution in [2.45, 2.75) is 30.7 Å². The van der Waals surface area contributed by atoms with Crippen LogP contribution >= 0.6 is 0 Å². The minimum Gasteiger partial charge on any atom is -0.379 e. The van der Waals surface area contributed by atoms with Crippen LogP contribution in [-0.2, 0) is 10.2 Å². The normalized spacial score (nSPS) is 25.3. The van der Waals surface area contributed by atoms with E-state index in [0.717, 1.165) is 19.8 Å². The number of nitrogens with one attached hydrogen (secondary N) is 1. The Balaban J connectivity index is 1.83. The maximum absolute atomic E-state index is 5.65. The van der Waals surface area contributed by atoms with Crippen molar-refractivity contribution in [3.63, 3.8) is 0 Å². The number of hydrogen-bond acceptors (Lipinski definition) is 2. The Morgan fingerprint density at radius 2 is 1.85 bits per heavy atom. The highest BCUT2D eigenvalue weighted by atomic mass is 16.5. The molecule has 2 aromatic carbocycles. The molecule has 0 spiro atoms. The Labute approximate surface area is 120 Å². The van der Waals surface area contributed by atoms with Gasteiger partial charge < -0.3 is 10.1 Å². The summed E-state index contributed by atoms with van der Waals surface area (Å²) in [5, 5.41) is 6.48. The van der Waals surface area contributed by atoms with Crippen molar-refractivity contribution in [3.8, 4) is 0 Å². The van der Waals surface area contributed by atoms with E-state index in [9.17, 15) is 0 Å². The fraction of sp³-hybridized carbons (Fsp3) is 0.444. The minimum absolute atomic E-state index is 0.182. The van der Waals surface area contributed by atoms with Gasteiger partial charge >= 0.3 is 0 Å². The molecule has 0 aliphatic carbocycles. The second kappa shape index (κ2) is 4.87. The molecule has 104 valence electrons. The van der Waals surface area contributed by atoms with E-state index in [4.69, 9.17) is 4.74 Å². The number of piperidine rings is 1. The third-order valence-electron chi connectivity index (χ3n) is 5.02. The Morgan fingerprint density at radius 3 is 2.60 bits per heavy atom. The van der Waals surface area contributed by atoms with Crippen LogP contribution in [0.4, 0.5) is 0 Å². The molecule has 1 N–H and O–H groups in total. The van der Waals surface area contributed by atoms with Crippen molar-refractivity contribution < 1.29 is 4.74 Å². The van der Waals surface area contributed by atoms with E-state index in [-0.39, 0.29) is 5.41 Å². The summed E-state index contributed by atoms with van der Waals surface area (Å²) in [7, 11) is 0. The first-order chi connectivity index (χ1) is 9.90. The van der Waals surface area contributed by atoms with Crippen LogP contribution in [0.15, 0.2) is 42.5 Å². The lowest BCUT2D eigenvalue weighted by Crippen LogP contribution is -2.61. The van der Waals surface area contributed by atoms with Crippen LogP contribution in [0.5, 0.6) is 0 Å². The fourth-order valence-corrected chi connectivity index (χ4v) is 3.85. The number of rotatable bonds is 2. The Morgan fingerprint density at radius 1 is 1.00 bits per heavy atom. The molecule has 0 bridgehead atoms. The molecule has 2 fully saturated rings. The first-order valence-corrected chi connectivity index (χ1v) is 7.69. The van der Waals surface area contributed by atoms with Crippen LogP contribution < -0.4 is 5.32 Å². The smallest absolute Gasteiger partial charge is 0.0601 e. The number of fused-ring (bicyclic) bond motifs is 1. The van der Waals surface area contributed by atoms with Gasteiger partial charge in [0.05, 0.1) is 18.6 Å². The lowest BCUT2D eigenvalue weighted by atomic mass is 9.68. The van der Waals surface area contributed by atoms with Crippen LogP contribution in [0.1, 0.15) is 24.8 Å². The lowest BCUT2D eigenvalue weighted by Gasteiger charge is -2.49. The van der Waals surface area contributed by atoms with Gasteiger partial charge in [-0.2, -0.15) is 0 Å². The molecule has 0 saturated carbocycles. The summed E-state index contributed by atoms with van der Waals surface area (Å²) in [5.74, 6) is 0. The summed E-state index contributed by atoms with van der Waals surface area (Å²) in [4.78, 5) is 0. The molecular formula is C18H21NO. The summed E-state index contributed by atoms with van der Waals surface area (Å²) < 4.78 is 5.65. The fourth-order valence-electron chi connectivity index (χ4n) is 3.85. The second-order valence-corrected chi connectivity index (χ2v) is 6.18. The van der Waals surface area contributed by atoms with Crippen molar-refractivity contribution in [1.29, 1.82) is 0 Å². The molecule has 20 heavy (non-hydrogen) atoms. The van der Waals surface area contributed by atoms with Gasteiger partial charge in [-0.1, -0.05) is 48.9 Å². The predicted molar refractivity (Wildman–Crippen MR) is 82.1 cm³/mol. The van der Waals surface area contributed by atoms with Crippen molar-refractivity contribution in [2.24, 2.45) is 0 Å². The van der Waals surface area contributed by atoms with Gasteiger partial charge in [0.1, 0.15) is 0 Å². The third-order valence-corrected chi connectivity index (χ3v) is 5.02. The van der Waals surface area contributed by atoms with Gasteiger partial charge in [0, 0.05) is 6.04 Å². The van der Waals surface area contributed by atoms with Gasteiger partial charge in [0.15, 0.2) is 0 Å². The summed E-state index contributed by atoms with van der Waals surface area (Å²) in [5.41, 5.74) is 1.66. The van der Waals surface area contributed by atoms with E-state index in [2.05, 4.69) is 47.8 Å². The molecule has 2 aliphatic heterocycles. The largest absolute Gasteiger partial charge is 0.379 e. The van der Waals surface area contributed by atoms with Crippen molar-refractivity contribution >= 4 is 10.8 Å². The molecule has 2 nitrogen and oxygen atoms in total. The van der Waals surface area contributed by atoms with Crippen LogP contribution in [0, 0.1) is 0 Å². The Kier molecular flexibility index (Phi) is 3.01. The summed E-state index contributed by atoms with van der Waals surface area (Å²) in [6.07, 6.45) is 3.92. The molecule has 0 radical (unpaired) electrons. The minimum atomic E-state index is 0.182. The highest BCUT2D eigenvalue weighted by molar-refractivity contribution is 5.87. The predicted octanol–water partition coefficient (Wildman–Crippen LogP) is 3.25. The second-order valence-electron chi connectivity index (χ2n) is 6.18. The highest BCUT2D eigenvalue weighted by Crippen LogP contribution is 2.41. The van der Waals surface area contributed by atoms with Crippen molar-refractivity contribution in [2.75, 3.05) is 19.8 Å². The molecule has 2 saturated heterocycles. The van der Waals surface area contributed by atoms with Crippen LogP contribution in [-0.4, -0.2) is 25.8 Å². The Hall–Kier alpha value is -1.38. The zero-order valence-electron chi connectivity index (χ0n) is 11.8. The van der Waals surface area contributed by atoms with E-state index in [1.165, 1.54) is 35.6 Å². The first kappa shape index (κ1) is 12.4. The quantitative estimate of drug-likeness (QED) is 0.902. The molecule has 2 heterocycles. The average Bonchev–Trinajstić information content (AvgIpc) is 2.48. The Bertz CT molecular complexity index is 606. The van der Waals surface area contributed by atoms with Gasteiger partial charge in [-0.05, 0) is 35.7 Å². The van der Waals surface area contributed by atoms with Gasteiger partial charge in [0.2, 0.25) is 0 Å². The lowest BCUT2D eigenvalue weighted by molar-refractivity contribution is -0.0819. The topological polar surface area (TPSA) is 21.3 Å². The third kappa shape index (κ3) is 1.79. The van der Waals surface area contributed by atoms with E-state index in [1.807, 2.05) is 0 Å². The number of benzene rings is 2. The molecule has 0 amide bonds. The van der Waals surface area contributed by atoms with Gasteiger partial charge in [-0.15, -0.1) is 0 Å². The zero-order chi connectivity index (χ0) is 13.4. The number of ether oxygens (including phenoxy) is 1. The van der Waals surface area contributed by atoms with E-state index in [0.29, 0.717) is 6.04 Å². The average molecular weight is 267 g/mol. The maximum Gasteiger partial charge on any atom is 0.0601 e. The van der Waals surface area contributed by atoms with Crippen LogP contribution in [0.25, 0.3) is 10.8 Å². The highest BCUT2D eigenvalue weighted by Gasteiger charge is 2.47. The van der Waals surface area contributed by atoms with Gasteiger partial charge in [-0.3, -0.25) is 0 Å². The van der Waals surface area contributed by atoms with Crippen LogP contribution in [0.3, 0.4) is 0 Å². The molecule has 2 heteroatoms. The SMILES string of the molecule is c1ccc2c(C3(C4CCCCN4)COC3)cccc2c1. The molecule has 0 aromatic heterocycles. The molecule has 1 atom stereocenters. The molecule has 2 aromatic rings. The maximum atomic E-state index is 5.65. The van der Waals surface area contributed by atoms with Crippen LogP contribution in [0.2, 0.25) is 0 Å². The van der Waals surface area contributed by atoms with Crippen molar-refractivity contribution in [3.05, 3.63) is 48.0 Å². The van der Waals surface area contributed by atoms with Gasteiger partial charge in [0.25, 0.3) is 0 Å². The van der Waals surface area contributed by atoms with E-state index < -0.39 is 0 Å². The molecule has 2 aliphatic rings. The van der Waals surface area contributed by atoms with E-state index >= 15 is 0 Å². The number of hydrogen-bond donors (Lipinski definition) is 1. The standard InChI is InChI=1S/C18H21NO/c1-2-8-15-14(6-1)7-5-9-16(15)18(12-20-13-18)17-10-3-4-11-19-17/h1-2,5-9,17,19H,3-4,10-13H2. The van der Waals surface area contributed by atoms with Crippen molar-refractivity contribution in [1.82, 2.24) is 5.32 Å². The van der Waals surface area contributed by atoms with Gasteiger partial charge in [-0.25, -0.2) is 0 Å². The first-order valence-electron chi connectivity index (χ1n) is 7.69. The molecule has 4 rings (SSSR count). The molecule has 1 unspecified atom stereocenters. The molecular weight excluding hydrogens is 246 g/mol. The van der Waals surface area contributed by atoms with E-state index in [1.54, 1.807) is 0 Å². The summed E-state index contributed by atoms with van der Waals surface area (Å²) in [6, 6.07) is 16.0.